The van der Waals surface area contributed by atoms with E-state index in [4.69, 9.17) is 16.3 Å². The average Bonchev–Trinajstić information content (AvgIpc) is 2.79. The Morgan fingerprint density at radius 1 is 1.45 bits per heavy atom. The molecule has 2 aromatic heterocycles. The molecule has 118 valence electrons. The molecule has 0 aromatic carbocycles. The third-order valence-electron chi connectivity index (χ3n) is 3.41. The molecule has 2 aromatic rings. The van der Waals surface area contributed by atoms with Crippen LogP contribution in [-0.4, -0.2) is 31.3 Å². The van der Waals surface area contributed by atoms with Crippen molar-refractivity contribution in [2.45, 2.75) is 32.4 Å². The summed E-state index contributed by atoms with van der Waals surface area (Å²) >= 11 is 6.07. The van der Waals surface area contributed by atoms with Crippen LogP contribution in [-0.2, 0) is 11.5 Å². The first-order valence-electron chi connectivity index (χ1n) is 7.20. The van der Waals surface area contributed by atoms with E-state index in [1.807, 2.05) is 4.57 Å². The predicted octanol–water partition coefficient (Wildman–Crippen LogP) is 3.92. The molecule has 0 saturated heterocycles. The molecule has 0 aliphatic carbocycles. The second-order valence-corrected chi connectivity index (χ2v) is 12.4. The summed E-state index contributed by atoms with van der Waals surface area (Å²) in [5, 5.41) is 13.6. The van der Waals surface area contributed by atoms with Crippen molar-refractivity contribution >= 4 is 36.4 Å². The van der Waals surface area contributed by atoms with E-state index in [1.54, 1.807) is 19.3 Å². The fourth-order valence-corrected chi connectivity index (χ4v) is 3.12. The molecule has 0 bridgehead atoms. The minimum absolute atomic E-state index is 0.374. The van der Waals surface area contributed by atoms with Gasteiger partial charge in [0.05, 0.1) is 10.9 Å². The number of pyridine rings is 1. The zero-order chi connectivity index (χ0) is 16.3. The highest BCUT2D eigenvalue weighted by Crippen LogP contribution is 2.29. The highest BCUT2D eigenvalue weighted by molar-refractivity contribution is 6.76. The van der Waals surface area contributed by atoms with Crippen LogP contribution in [0.3, 0.4) is 0 Å². The van der Waals surface area contributed by atoms with Crippen LogP contribution < -0.4 is 5.32 Å². The molecule has 0 aliphatic rings. The van der Waals surface area contributed by atoms with Gasteiger partial charge in [-0.2, -0.15) is 5.26 Å². The van der Waals surface area contributed by atoms with Gasteiger partial charge in [0.1, 0.15) is 23.6 Å². The largest absolute Gasteiger partial charge is 0.387 e. The molecule has 7 heteroatoms. The quantitative estimate of drug-likeness (QED) is 0.493. The van der Waals surface area contributed by atoms with Gasteiger partial charge in [-0.1, -0.05) is 31.2 Å². The molecular formula is C15H21ClN4OSi. The zero-order valence-corrected chi connectivity index (χ0v) is 15.2. The van der Waals surface area contributed by atoms with E-state index in [0.717, 1.165) is 23.7 Å². The topological polar surface area (TPSA) is 62.9 Å². The predicted molar refractivity (Wildman–Crippen MR) is 93.1 cm³/mol. The highest BCUT2D eigenvalue weighted by atomic mass is 35.5. The smallest absolute Gasteiger partial charge is 0.147 e. The van der Waals surface area contributed by atoms with E-state index in [-0.39, 0.29) is 0 Å². The summed E-state index contributed by atoms with van der Waals surface area (Å²) in [6, 6.07) is 5.03. The number of aromatic nitrogens is 2. The summed E-state index contributed by atoms with van der Waals surface area (Å²) in [4.78, 5) is 4.35. The van der Waals surface area contributed by atoms with Gasteiger partial charge in [0.2, 0.25) is 0 Å². The second kappa shape index (κ2) is 6.69. The van der Waals surface area contributed by atoms with Crippen molar-refractivity contribution in [1.82, 2.24) is 9.55 Å². The lowest BCUT2D eigenvalue weighted by Crippen LogP contribution is -2.22. The monoisotopic (exact) mass is 336 g/mol. The number of anilines is 1. The summed E-state index contributed by atoms with van der Waals surface area (Å²) in [6.07, 6.45) is 1.77. The molecule has 2 rings (SSSR count). The number of hydrogen-bond donors (Lipinski definition) is 1. The van der Waals surface area contributed by atoms with Crippen LogP contribution in [0.15, 0.2) is 12.3 Å². The van der Waals surface area contributed by atoms with Crippen LogP contribution >= 0.6 is 11.6 Å². The number of halogens is 1. The van der Waals surface area contributed by atoms with Crippen LogP contribution in [0.5, 0.6) is 0 Å². The fraction of sp³-hybridized carbons (Fsp3) is 0.467. The molecule has 0 radical (unpaired) electrons. The summed E-state index contributed by atoms with van der Waals surface area (Å²) < 4.78 is 7.60. The Morgan fingerprint density at radius 2 is 2.18 bits per heavy atom. The summed E-state index contributed by atoms with van der Waals surface area (Å²) in [6.45, 7) is 8.04. The maximum absolute atomic E-state index is 9.33. The number of fused-ring (bicyclic) bond motifs is 1. The van der Waals surface area contributed by atoms with Crippen molar-refractivity contribution in [3.05, 3.63) is 23.0 Å². The molecule has 5 nitrogen and oxygen atoms in total. The molecule has 1 N–H and O–H groups in total. The first kappa shape index (κ1) is 16.8. The molecule has 22 heavy (non-hydrogen) atoms. The number of nitrogens with one attached hydrogen (secondary N) is 1. The number of nitrogens with zero attached hydrogens (tertiary/aromatic N) is 3. The Kier molecular flexibility index (Phi) is 5.11. The fourth-order valence-electron chi connectivity index (χ4n) is 2.18. The van der Waals surface area contributed by atoms with E-state index in [0.29, 0.717) is 23.1 Å². The van der Waals surface area contributed by atoms with Gasteiger partial charge < -0.3 is 14.6 Å². The van der Waals surface area contributed by atoms with E-state index in [2.05, 4.69) is 36.0 Å². The normalized spacial score (nSPS) is 11.6. The summed E-state index contributed by atoms with van der Waals surface area (Å²) in [5.74, 6) is 0. The summed E-state index contributed by atoms with van der Waals surface area (Å²) in [5.41, 5.74) is 2.03. The third-order valence-corrected chi connectivity index (χ3v) is 5.31. The van der Waals surface area contributed by atoms with Crippen LogP contribution in [0.1, 0.15) is 5.56 Å². The van der Waals surface area contributed by atoms with Gasteiger partial charge in [0, 0.05) is 33.6 Å². The van der Waals surface area contributed by atoms with Gasteiger partial charge in [-0.05, 0) is 12.1 Å². The van der Waals surface area contributed by atoms with Gasteiger partial charge in [-0.25, -0.2) is 4.98 Å². The number of nitriles is 1. The lowest BCUT2D eigenvalue weighted by molar-refractivity contribution is 0.0898. The minimum Gasteiger partial charge on any atom is -0.387 e. The molecule has 0 fully saturated rings. The van der Waals surface area contributed by atoms with E-state index >= 15 is 0 Å². The van der Waals surface area contributed by atoms with Gasteiger partial charge in [-0.3, -0.25) is 0 Å². The van der Waals surface area contributed by atoms with Crippen molar-refractivity contribution in [2.24, 2.45) is 0 Å². The number of ether oxygens (including phenoxy) is 1. The molecule has 0 saturated carbocycles. The molecule has 0 atom stereocenters. The van der Waals surface area contributed by atoms with Gasteiger partial charge in [0.25, 0.3) is 0 Å². The van der Waals surface area contributed by atoms with Crippen molar-refractivity contribution in [3.63, 3.8) is 0 Å². The standard InChI is InChI=1S/C15H21ClN4OSi/c1-18-12-7-13(16)19-15-14(12)11(8-17)9-20(15)10-21-5-6-22(2,3)4/h7,9H,5-6,10H2,1-4H3,(H,18,19). The number of hydrogen-bond acceptors (Lipinski definition) is 4. The molecule has 0 amide bonds. The average molecular weight is 337 g/mol. The van der Waals surface area contributed by atoms with Crippen molar-refractivity contribution in [2.75, 3.05) is 19.0 Å². The Labute approximate surface area is 136 Å². The van der Waals surface area contributed by atoms with Crippen molar-refractivity contribution in [3.8, 4) is 6.07 Å². The van der Waals surface area contributed by atoms with Gasteiger partial charge >= 0.3 is 0 Å². The van der Waals surface area contributed by atoms with E-state index < -0.39 is 8.07 Å². The van der Waals surface area contributed by atoms with Crippen LogP contribution in [0.4, 0.5) is 5.69 Å². The molecule has 0 spiro atoms. The second-order valence-electron chi connectivity index (χ2n) is 6.41. The maximum Gasteiger partial charge on any atom is 0.147 e. The lowest BCUT2D eigenvalue weighted by atomic mass is 10.2. The number of rotatable bonds is 6. The zero-order valence-electron chi connectivity index (χ0n) is 13.4. The van der Waals surface area contributed by atoms with Crippen molar-refractivity contribution in [1.29, 1.82) is 5.26 Å². The van der Waals surface area contributed by atoms with Crippen LogP contribution in [0, 0.1) is 11.3 Å². The highest BCUT2D eigenvalue weighted by Gasteiger charge is 2.16. The first-order chi connectivity index (χ1) is 10.4. The van der Waals surface area contributed by atoms with Crippen LogP contribution in [0.2, 0.25) is 30.8 Å². The summed E-state index contributed by atoms with van der Waals surface area (Å²) in [7, 11) is 0.692. The molecular weight excluding hydrogens is 316 g/mol. The molecule has 0 unspecified atom stereocenters. The van der Waals surface area contributed by atoms with Crippen LogP contribution in [0.25, 0.3) is 11.0 Å². The van der Waals surface area contributed by atoms with Gasteiger partial charge in [0.15, 0.2) is 0 Å². The molecule has 0 aliphatic heterocycles. The third kappa shape index (κ3) is 3.80. The Bertz CT molecular complexity index is 715. The Morgan fingerprint density at radius 3 is 2.77 bits per heavy atom. The van der Waals surface area contributed by atoms with E-state index in [9.17, 15) is 5.26 Å². The van der Waals surface area contributed by atoms with Crippen molar-refractivity contribution < 1.29 is 4.74 Å². The molecule has 2 heterocycles. The maximum atomic E-state index is 9.33. The van der Waals surface area contributed by atoms with E-state index in [1.165, 1.54) is 0 Å². The lowest BCUT2D eigenvalue weighted by Gasteiger charge is -2.15. The first-order valence-corrected chi connectivity index (χ1v) is 11.3. The minimum atomic E-state index is -1.11. The SMILES string of the molecule is CNc1cc(Cl)nc2c1c(C#N)cn2COCC[Si](C)(C)C. The Balaban J connectivity index is 2.27. The van der Waals surface area contributed by atoms with Gasteiger partial charge in [-0.15, -0.1) is 0 Å². The Hall–Kier alpha value is -1.55.